The maximum atomic E-state index is 5.96. The topological polar surface area (TPSA) is 26.0 Å². The molecule has 1 aliphatic rings. The molecule has 0 bridgehead atoms. The van der Waals surface area contributed by atoms with Crippen LogP contribution in [-0.2, 0) is 0 Å². The number of allylic oxidation sites excluding steroid dienone is 2. The summed E-state index contributed by atoms with van der Waals surface area (Å²) in [4.78, 5) is 0. The van der Waals surface area contributed by atoms with Gasteiger partial charge in [0.1, 0.15) is 0 Å². The fourth-order valence-corrected chi connectivity index (χ4v) is 1.52. The second kappa shape index (κ2) is 3.22. The lowest BCUT2D eigenvalue weighted by Gasteiger charge is -2.22. The Balaban J connectivity index is 2.78. The highest BCUT2D eigenvalue weighted by Gasteiger charge is 2.15. The molecule has 1 aliphatic carbocycles. The van der Waals surface area contributed by atoms with E-state index in [1.54, 1.807) is 0 Å². The molecule has 1 atom stereocenters. The highest BCUT2D eigenvalue weighted by Crippen LogP contribution is 2.22. The quantitative estimate of drug-likeness (QED) is 0.611. The van der Waals surface area contributed by atoms with Crippen LogP contribution < -0.4 is 5.73 Å². The van der Waals surface area contributed by atoms with Crippen LogP contribution in [0.15, 0.2) is 23.3 Å². The molecule has 1 heteroatoms. The van der Waals surface area contributed by atoms with Crippen molar-refractivity contribution in [3.8, 4) is 0 Å². The lowest BCUT2D eigenvalue weighted by Crippen LogP contribution is -2.27. The van der Waals surface area contributed by atoms with Crippen molar-refractivity contribution >= 4 is 0 Å². The molecule has 1 unspecified atom stereocenters. The maximum Gasteiger partial charge on any atom is 0.0296 e. The highest BCUT2D eigenvalue weighted by molar-refractivity contribution is 5.28. The van der Waals surface area contributed by atoms with Crippen LogP contribution in [-0.4, -0.2) is 6.04 Å². The lowest BCUT2D eigenvalue weighted by atomic mass is 9.88. The van der Waals surface area contributed by atoms with Crippen LogP contribution >= 0.6 is 0 Å². The van der Waals surface area contributed by atoms with Crippen LogP contribution in [0.25, 0.3) is 0 Å². The Bertz CT molecular complexity index is 199. The average Bonchev–Trinajstić information content (AvgIpc) is 1.85. The van der Waals surface area contributed by atoms with Crippen LogP contribution in [0.4, 0.5) is 0 Å². The van der Waals surface area contributed by atoms with Gasteiger partial charge in [0.2, 0.25) is 0 Å². The largest absolute Gasteiger partial charge is 0.324 e. The molecule has 0 amide bonds. The van der Waals surface area contributed by atoms with Crippen molar-refractivity contribution < 1.29 is 0 Å². The van der Waals surface area contributed by atoms with Gasteiger partial charge in [-0.25, -0.2) is 0 Å². The van der Waals surface area contributed by atoms with E-state index in [1.165, 1.54) is 11.1 Å². The van der Waals surface area contributed by atoms with E-state index in [9.17, 15) is 0 Å². The Morgan fingerprint density at radius 2 is 2.09 bits per heavy atom. The molecular formula is C10H17N. The molecule has 0 aliphatic heterocycles. The zero-order valence-electron chi connectivity index (χ0n) is 7.59. The summed E-state index contributed by atoms with van der Waals surface area (Å²) in [6.07, 6.45) is 5.39. The fraction of sp³-hybridized carbons (Fsp3) is 0.600. The molecule has 2 N–H and O–H groups in total. The van der Waals surface area contributed by atoms with E-state index >= 15 is 0 Å². The van der Waals surface area contributed by atoms with Crippen LogP contribution in [0.1, 0.15) is 27.2 Å². The summed E-state index contributed by atoms with van der Waals surface area (Å²) in [5, 5.41) is 0. The molecular weight excluding hydrogens is 134 g/mol. The van der Waals surface area contributed by atoms with E-state index in [0.717, 1.165) is 6.42 Å². The molecule has 0 saturated carbocycles. The molecule has 0 aromatic heterocycles. The predicted octanol–water partition coefficient (Wildman–Crippen LogP) is 2.25. The summed E-state index contributed by atoms with van der Waals surface area (Å²) in [5.74, 6) is 0.592. The molecule has 0 saturated heterocycles. The Morgan fingerprint density at radius 1 is 1.45 bits per heavy atom. The van der Waals surface area contributed by atoms with Crippen LogP contribution in [0.5, 0.6) is 0 Å². The van der Waals surface area contributed by atoms with Gasteiger partial charge in [-0.05, 0) is 19.3 Å². The third-order valence-corrected chi connectivity index (χ3v) is 2.20. The van der Waals surface area contributed by atoms with Gasteiger partial charge in [-0.3, -0.25) is 0 Å². The Hall–Kier alpha value is -0.560. The van der Waals surface area contributed by atoms with Gasteiger partial charge in [0.15, 0.2) is 0 Å². The predicted molar refractivity (Wildman–Crippen MR) is 49.3 cm³/mol. The first-order chi connectivity index (χ1) is 5.11. The summed E-state index contributed by atoms with van der Waals surface area (Å²) >= 11 is 0. The van der Waals surface area contributed by atoms with Crippen molar-refractivity contribution in [3.63, 3.8) is 0 Å². The Kier molecular flexibility index (Phi) is 2.50. The first kappa shape index (κ1) is 8.54. The van der Waals surface area contributed by atoms with Gasteiger partial charge in [0, 0.05) is 6.04 Å². The minimum atomic E-state index is 0.264. The van der Waals surface area contributed by atoms with Crippen molar-refractivity contribution in [2.45, 2.75) is 33.2 Å². The van der Waals surface area contributed by atoms with Gasteiger partial charge >= 0.3 is 0 Å². The molecule has 0 heterocycles. The summed E-state index contributed by atoms with van der Waals surface area (Å²) in [6.45, 7) is 6.52. The first-order valence-corrected chi connectivity index (χ1v) is 4.24. The second-order valence-electron chi connectivity index (χ2n) is 3.65. The van der Waals surface area contributed by atoms with Crippen molar-refractivity contribution in [3.05, 3.63) is 23.3 Å². The number of rotatable bonds is 1. The number of hydrogen-bond donors (Lipinski definition) is 1. The monoisotopic (exact) mass is 151 g/mol. The fourth-order valence-electron chi connectivity index (χ4n) is 1.52. The summed E-state index contributed by atoms with van der Waals surface area (Å²) in [5.41, 5.74) is 8.74. The van der Waals surface area contributed by atoms with Crippen molar-refractivity contribution in [1.82, 2.24) is 0 Å². The van der Waals surface area contributed by atoms with Crippen molar-refractivity contribution in [2.24, 2.45) is 11.7 Å². The number of nitrogens with two attached hydrogens (primary N) is 1. The minimum Gasteiger partial charge on any atom is -0.324 e. The molecule has 1 nitrogen and oxygen atoms in total. The minimum absolute atomic E-state index is 0.264. The average molecular weight is 151 g/mol. The van der Waals surface area contributed by atoms with E-state index in [4.69, 9.17) is 5.73 Å². The van der Waals surface area contributed by atoms with E-state index in [-0.39, 0.29) is 6.04 Å². The normalized spacial score (nSPS) is 25.0. The van der Waals surface area contributed by atoms with Gasteiger partial charge in [-0.15, -0.1) is 0 Å². The molecule has 1 rings (SSSR count). The molecule has 0 aromatic rings. The van der Waals surface area contributed by atoms with Crippen LogP contribution in [0.3, 0.4) is 0 Å². The molecule has 0 aromatic carbocycles. The van der Waals surface area contributed by atoms with Crippen LogP contribution in [0, 0.1) is 5.92 Å². The molecule has 11 heavy (non-hydrogen) atoms. The van der Waals surface area contributed by atoms with Gasteiger partial charge in [0.05, 0.1) is 0 Å². The maximum absolute atomic E-state index is 5.96. The van der Waals surface area contributed by atoms with E-state index in [0.29, 0.717) is 5.92 Å². The van der Waals surface area contributed by atoms with Gasteiger partial charge < -0.3 is 5.73 Å². The zero-order valence-corrected chi connectivity index (χ0v) is 7.59. The Morgan fingerprint density at radius 3 is 2.55 bits per heavy atom. The third-order valence-electron chi connectivity index (χ3n) is 2.20. The van der Waals surface area contributed by atoms with Crippen molar-refractivity contribution in [1.29, 1.82) is 0 Å². The van der Waals surface area contributed by atoms with Crippen molar-refractivity contribution in [2.75, 3.05) is 0 Å². The third kappa shape index (κ3) is 1.93. The second-order valence-corrected chi connectivity index (χ2v) is 3.65. The lowest BCUT2D eigenvalue weighted by molar-refractivity contribution is 0.629. The summed E-state index contributed by atoms with van der Waals surface area (Å²) in [7, 11) is 0. The van der Waals surface area contributed by atoms with E-state index in [1.807, 2.05) is 0 Å². The molecule has 0 fully saturated rings. The van der Waals surface area contributed by atoms with E-state index in [2.05, 4.69) is 32.9 Å². The van der Waals surface area contributed by atoms with Gasteiger partial charge in [-0.1, -0.05) is 37.1 Å². The summed E-state index contributed by atoms with van der Waals surface area (Å²) in [6, 6.07) is 0.264. The van der Waals surface area contributed by atoms with E-state index < -0.39 is 0 Å². The molecule has 62 valence electrons. The standard InChI is InChI=1S/C10H17N/c1-7(2)9-5-4-8(3)6-10(9)11/h4-5,7,10H,6,11H2,1-3H3. The first-order valence-electron chi connectivity index (χ1n) is 4.24. The SMILES string of the molecule is CC1=CC=C(C(C)C)C(N)C1. The Labute approximate surface area is 69.0 Å². The highest BCUT2D eigenvalue weighted by atomic mass is 14.6. The molecule has 0 spiro atoms. The van der Waals surface area contributed by atoms with Gasteiger partial charge in [-0.2, -0.15) is 0 Å². The smallest absolute Gasteiger partial charge is 0.0296 e. The summed E-state index contributed by atoms with van der Waals surface area (Å²) < 4.78 is 0. The zero-order chi connectivity index (χ0) is 8.43. The number of hydrogen-bond acceptors (Lipinski definition) is 1. The van der Waals surface area contributed by atoms with Gasteiger partial charge in [0.25, 0.3) is 0 Å². The van der Waals surface area contributed by atoms with Crippen LogP contribution in [0.2, 0.25) is 0 Å². The molecule has 0 radical (unpaired) electrons.